The van der Waals surface area contributed by atoms with Crippen molar-refractivity contribution in [2.24, 2.45) is 0 Å². The Balaban J connectivity index is 2.22. The minimum absolute atomic E-state index is 0.182. The quantitative estimate of drug-likeness (QED) is 0.889. The molecular weight excluding hydrogens is 224 g/mol. The minimum Gasteiger partial charge on any atom is -0.497 e. The van der Waals surface area contributed by atoms with Crippen LogP contribution in [0.1, 0.15) is 18.4 Å². The highest BCUT2D eigenvalue weighted by Gasteiger charge is 2.04. The van der Waals surface area contributed by atoms with E-state index in [1.54, 1.807) is 7.11 Å². The molecule has 18 heavy (non-hydrogen) atoms. The topological polar surface area (TPSA) is 29.5 Å². The van der Waals surface area contributed by atoms with Crippen LogP contribution in [0.25, 0.3) is 11.1 Å². The zero-order valence-electron chi connectivity index (χ0n) is 10.8. The van der Waals surface area contributed by atoms with Crippen LogP contribution in [0.5, 0.6) is 5.75 Å². The van der Waals surface area contributed by atoms with Crippen LogP contribution in [0, 0.1) is 0 Å². The van der Waals surface area contributed by atoms with Gasteiger partial charge in [-0.1, -0.05) is 43.3 Å². The summed E-state index contributed by atoms with van der Waals surface area (Å²) < 4.78 is 5.14. The molecule has 0 aliphatic rings. The Bertz CT molecular complexity index is 486. The number of aliphatic hydroxyl groups is 1. The van der Waals surface area contributed by atoms with Gasteiger partial charge in [0.1, 0.15) is 5.75 Å². The molecule has 0 aromatic heterocycles. The van der Waals surface area contributed by atoms with Crippen molar-refractivity contribution in [1.82, 2.24) is 0 Å². The van der Waals surface area contributed by atoms with Gasteiger partial charge >= 0.3 is 0 Å². The zero-order chi connectivity index (χ0) is 13.0. The second-order valence-electron chi connectivity index (χ2n) is 4.43. The van der Waals surface area contributed by atoms with Crippen molar-refractivity contribution in [3.8, 4) is 16.9 Å². The molecule has 0 fully saturated rings. The molecular formula is C16H18O2. The van der Waals surface area contributed by atoms with Crippen molar-refractivity contribution in [1.29, 1.82) is 0 Å². The summed E-state index contributed by atoms with van der Waals surface area (Å²) in [5, 5.41) is 9.12. The molecule has 0 aliphatic heterocycles. The Hall–Kier alpha value is -1.80. The van der Waals surface area contributed by atoms with Gasteiger partial charge in [0.25, 0.3) is 0 Å². The lowest BCUT2D eigenvalue weighted by molar-refractivity contribution is 0.273. The molecule has 2 aromatic carbocycles. The lowest BCUT2D eigenvalue weighted by Gasteiger charge is -2.09. The predicted molar refractivity (Wildman–Crippen MR) is 73.9 cm³/mol. The van der Waals surface area contributed by atoms with E-state index >= 15 is 0 Å². The maximum Gasteiger partial charge on any atom is 0.118 e. The molecule has 0 aliphatic carbocycles. The van der Waals surface area contributed by atoms with Gasteiger partial charge in [-0.05, 0) is 28.8 Å². The largest absolute Gasteiger partial charge is 0.497 e. The van der Waals surface area contributed by atoms with E-state index < -0.39 is 0 Å². The SMILES string of the molecule is COc1ccc(-c2ccc([C@H](C)CO)cc2)cc1. The molecule has 1 N–H and O–H groups in total. The molecule has 0 saturated heterocycles. The Morgan fingerprint density at radius 2 is 1.44 bits per heavy atom. The van der Waals surface area contributed by atoms with Crippen LogP contribution >= 0.6 is 0 Å². The lowest BCUT2D eigenvalue weighted by Crippen LogP contribution is -1.98. The first-order chi connectivity index (χ1) is 8.74. The maximum atomic E-state index is 9.12. The van der Waals surface area contributed by atoms with Gasteiger partial charge in [0, 0.05) is 12.5 Å². The smallest absolute Gasteiger partial charge is 0.118 e. The van der Waals surface area contributed by atoms with Crippen molar-refractivity contribution in [3.63, 3.8) is 0 Å². The van der Waals surface area contributed by atoms with E-state index in [1.807, 2.05) is 31.2 Å². The first-order valence-electron chi connectivity index (χ1n) is 6.10. The molecule has 0 unspecified atom stereocenters. The molecule has 0 spiro atoms. The summed E-state index contributed by atoms with van der Waals surface area (Å²) in [5.74, 6) is 1.05. The molecule has 1 atom stereocenters. The maximum absolute atomic E-state index is 9.12. The summed E-state index contributed by atoms with van der Waals surface area (Å²) in [6.45, 7) is 2.20. The number of ether oxygens (including phenoxy) is 1. The van der Waals surface area contributed by atoms with Gasteiger partial charge < -0.3 is 9.84 Å². The minimum atomic E-state index is 0.182. The van der Waals surface area contributed by atoms with Gasteiger partial charge in [-0.3, -0.25) is 0 Å². The van der Waals surface area contributed by atoms with Crippen LogP contribution in [-0.2, 0) is 0 Å². The van der Waals surface area contributed by atoms with Crippen LogP contribution in [0.2, 0.25) is 0 Å². The van der Waals surface area contributed by atoms with E-state index in [4.69, 9.17) is 9.84 Å². The zero-order valence-corrected chi connectivity index (χ0v) is 10.8. The molecule has 0 amide bonds. The van der Waals surface area contributed by atoms with Gasteiger partial charge in [-0.25, -0.2) is 0 Å². The fourth-order valence-electron chi connectivity index (χ4n) is 1.89. The second-order valence-corrected chi connectivity index (χ2v) is 4.43. The molecule has 2 rings (SSSR count). The number of hydrogen-bond donors (Lipinski definition) is 1. The number of rotatable bonds is 4. The first-order valence-corrected chi connectivity index (χ1v) is 6.10. The standard InChI is InChI=1S/C16H18O2/c1-12(11-17)13-3-5-14(6-4-13)15-7-9-16(18-2)10-8-15/h3-10,12,17H,11H2,1-2H3/t12-/m1/s1. The van der Waals surface area contributed by atoms with E-state index in [-0.39, 0.29) is 12.5 Å². The Kier molecular flexibility index (Phi) is 4.00. The van der Waals surface area contributed by atoms with E-state index in [1.165, 1.54) is 11.1 Å². The highest BCUT2D eigenvalue weighted by atomic mass is 16.5. The lowest BCUT2D eigenvalue weighted by atomic mass is 9.98. The summed E-state index contributed by atoms with van der Waals surface area (Å²) in [7, 11) is 1.67. The third-order valence-electron chi connectivity index (χ3n) is 3.18. The Morgan fingerprint density at radius 1 is 0.944 bits per heavy atom. The molecule has 2 heteroatoms. The molecule has 0 heterocycles. The van der Waals surface area contributed by atoms with E-state index in [9.17, 15) is 0 Å². The second kappa shape index (κ2) is 5.69. The number of methoxy groups -OCH3 is 1. The third-order valence-corrected chi connectivity index (χ3v) is 3.18. The van der Waals surface area contributed by atoms with Crippen molar-refractivity contribution >= 4 is 0 Å². The number of aliphatic hydroxyl groups excluding tert-OH is 1. The van der Waals surface area contributed by atoms with E-state index in [0.29, 0.717) is 0 Å². The highest BCUT2D eigenvalue weighted by Crippen LogP contribution is 2.24. The summed E-state index contributed by atoms with van der Waals surface area (Å²) in [5.41, 5.74) is 3.50. The summed E-state index contributed by atoms with van der Waals surface area (Å²) in [6, 6.07) is 16.3. The molecule has 0 radical (unpaired) electrons. The van der Waals surface area contributed by atoms with Crippen molar-refractivity contribution in [2.45, 2.75) is 12.8 Å². The van der Waals surface area contributed by atoms with Gasteiger partial charge in [-0.15, -0.1) is 0 Å². The van der Waals surface area contributed by atoms with Gasteiger partial charge in [-0.2, -0.15) is 0 Å². The molecule has 2 nitrogen and oxygen atoms in total. The van der Waals surface area contributed by atoms with Gasteiger partial charge in [0.2, 0.25) is 0 Å². The van der Waals surface area contributed by atoms with Crippen molar-refractivity contribution < 1.29 is 9.84 Å². The predicted octanol–water partition coefficient (Wildman–Crippen LogP) is 3.46. The molecule has 2 aromatic rings. The normalized spacial score (nSPS) is 12.2. The molecule has 0 saturated carbocycles. The third kappa shape index (κ3) is 2.71. The van der Waals surface area contributed by atoms with Crippen LogP contribution in [-0.4, -0.2) is 18.8 Å². The summed E-state index contributed by atoms with van der Waals surface area (Å²) >= 11 is 0. The molecule has 0 bridgehead atoms. The van der Waals surface area contributed by atoms with E-state index in [0.717, 1.165) is 11.3 Å². The fraction of sp³-hybridized carbons (Fsp3) is 0.250. The number of hydrogen-bond acceptors (Lipinski definition) is 2. The fourth-order valence-corrected chi connectivity index (χ4v) is 1.89. The number of benzene rings is 2. The van der Waals surface area contributed by atoms with Crippen LogP contribution in [0.3, 0.4) is 0 Å². The first kappa shape index (κ1) is 12.7. The summed E-state index contributed by atoms with van der Waals surface area (Å²) in [4.78, 5) is 0. The monoisotopic (exact) mass is 242 g/mol. The van der Waals surface area contributed by atoms with E-state index in [2.05, 4.69) is 24.3 Å². The molecule has 94 valence electrons. The Morgan fingerprint density at radius 3 is 1.89 bits per heavy atom. The van der Waals surface area contributed by atoms with Gasteiger partial charge in [0.15, 0.2) is 0 Å². The summed E-state index contributed by atoms with van der Waals surface area (Å²) in [6.07, 6.45) is 0. The van der Waals surface area contributed by atoms with Crippen LogP contribution in [0.4, 0.5) is 0 Å². The van der Waals surface area contributed by atoms with Crippen molar-refractivity contribution in [2.75, 3.05) is 13.7 Å². The average molecular weight is 242 g/mol. The Labute approximate surface area is 108 Å². The highest BCUT2D eigenvalue weighted by molar-refractivity contribution is 5.64. The van der Waals surface area contributed by atoms with Crippen LogP contribution in [0.15, 0.2) is 48.5 Å². The van der Waals surface area contributed by atoms with Crippen LogP contribution < -0.4 is 4.74 Å². The van der Waals surface area contributed by atoms with Gasteiger partial charge in [0.05, 0.1) is 7.11 Å². The average Bonchev–Trinajstić information content (AvgIpc) is 2.47. The van der Waals surface area contributed by atoms with Crippen molar-refractivity contribution in [3.05, 3.63) is 54.1 Å².